The van der Waals surface area contributed by atoms with E-state index in [-0.39, 0.29) is 14.9 Å². The van der Waals surface area contributed by atoms with Crippen LogP contribution in [0.15, 0.2) is 45.8 Å². The first-order valence-corrected chi connectivity index (χ1v) is 9.12. The number of nitrogens with one attached hydrogen (secondary N) is 1. The minimum Gasteiger partial charge on any atom is -0.279 e. The lowest BCUT2D eigenvalue weighted by Crippen LogP contribution is -2.14. The first kappa shape index (κ1) is 16.6. The molecule has 0 saturated heterocycles. The van der Waals surface area contributed by atoms with Gasteiger partial charge in [0.25, 0.3) is 10.0 Å². The topological polar surface area (TPSA) is 46.2 Å². The maximum atomic E-state index is 12.4. The minimum atomic E-state index is -3.74. The molecule has 3 nitrogen and oxygen atoms in total. The molecule has 0 unspecified atom stereocenters. The molecule has 0 aromatic heterocycles. The van der Waals surface area contributed by atoms with E-state index in [1.807, 2.05) is 13.0 Å². The molecule has 0 radical (unpaired) electrons. The number of sulfonamides is 1. The Morgan fingerprint density at radius 3 is 2.29 bits per heavy atom. The summed E-state index contributed by atoms with van der Waals surface area (Å²) in [5, 5.41) is 0.545. The predicted molar refractivity (Wildman–Crippen MR) is 90.8 cm³/mol. The second-order valence-corrected chi connectivity index (χ2v) is 7.84. The van der Waals surface area contributed by atoms with Gasteiger partial charge < -0.3 is 0 Å². The van der Waals surface area contributed by atoms with E-state index in [1.165, 1.54) is 18.2 Å². The van der Waals surface area contributed by atoms with Gasteiger partial charge >= 0.3 is 0 Å². The summed E-state index contributed by atoms with van der Waals surface area (Å²) in [5.74, 6) is 0. The van der Waals surface area contributed by atoms with Gasteiger partial charge in [0.1, 0.15) is 0 Å². The Labute approximate surface area is 142 Å². The molecule has 21 heavy (non-hydrogen) atoms. The van der Waals surface area contributed by atoms with Crippen molar-refractivity contribution < 1.29 is 8.42 Å². The molecular formula is C14H12BrCl2NO2S. The van der Waals surface area contributed by atoms with Gasteiger partial charge in [-0.15, -0.1) is 0 Å². The highest BCUT2D eigenvalue weighted by Gasteiger charge is 2.17. The highest BCUT2D eigenvalue weighted by atomic mass is 79.9. The molecule has 112 valence electrons. The van der Waals surface area contributed by atoms with Crippen LogP contribution in [0.2, 0.25) is 10.0 Å². The summed E-state index contributed by atoms with van der Waals surface area (Å²) in [6, 6.07) is 9.58. The number of aryl methyl sites for hydroxylation is 1. The van der Waals surface area contributed by atoms with Gasteiger partial charge in [0.15, 0.2) is 0 Å². The average molecular weight is 409 g/mol. The fourth-order valence-corrected chi connectivity index (χ4v) is 4.08. The zero-order valence-electron chi connectivity index (χ0n) is 11.0. The Morgan fingerprint density at radius 1 is 1.10 bits per heavy atom. The first-order valence-electron chi connectivity index (χ1n) is 6.09. The van der Waals surface area contributed by atoms with Gasteiger partial charge in [-0.25, -0.2) is 8.42 Å². The van der Waals surface area contributed by atoms with Crippen molar-refractivity contribution in [1.29, 1.82) is 0 Å². The summed E-state index contributed by atoms with van der Waals surface area (Å²) in [5.41, 5.74) is 1.43. The largest absolute Gasteiger partial charge is 0.279 e. The molecule has 1 N–H and O–H groups in total. The number of anilines is 1. The zero-order valence-corrected chi connectivity index (χ0v) is 14.9. The normalized spacial score (nSPS) is 11.4. The Balaban J connectivity index is 2.42. The molecule has 0 aliphatic rings. The van der Waals surface area contributed by atoms with Crippen molar-refractivity contribution in [3.8, 4) is 0 Å². The van der Waals surface area contributed by atoms with Crippen LogP contribution in [0.3, 0.4) is 0 Å². The van der Waals surface area contributed by atoms with E-state index in [2.05, 4.69) is 20.7 Å². The fraction of sp³-hybridized carbons (Fsp3) is 0.143. The zero-order chi connectivity index (χ0) is 15.6. The standard InChI is InChI=1S/C14H12BrCl2NO2S/c1-2-9-5-10(15)3-4-14(9)18-21(19,20)13-7-11(16)6-12(17)8-13/h3-8,18H,2H2,1H3. The van der Waals surface area contributed by atoms with E-state index in [0.717, 1.165) is 10.0 Å². The van der Waals surface area contributed by atoms with Crippen LogP contribution in [-0.4, -0.2) is 8.42 Å². The van der Waals surface area contributed by atoms with Crippen LogP contribution in [0.5, 0.6) is 0 Å². The molecule has 0 saturated carbocycles. The van der Waals surface area contributed by atoms with Crippen molar-refractivity contribution >= 4 is 54.8 Å². The van der Waals surface area contributed by atoms with Gasteiger partial charge in [-0.2, -0.15) is 0 Å². The van der Waals surface area contributed by atoms with Crippen LogP contribution in [0.25, 0.3) is 0 Å². The molecule has 2 rings (SSSR count). The van der Waals surface area contributed by atoms with Gasteiger partial charge in [-0.1, -0.05) is 46.1 Å². The third-order valence-corrected chi connectivity index (χ3v) is 5.11. The maximum absolute atomic E-state index is 12.4. The number of rotatable bonds is 4. The number of halogens is 3. The summed E-state index contributed by atoms with van der Waals surface area (Å²) >= 11 is 15.1. The summed E-state index contributed by atoms with van der Waals surface area (Å²) < 4.78 is 28.3. The molecule has 0 fully saturated rings. The van der Waals surface area contributed by atoms with E-state index < -0.39 is 10.0 Å². The van der Waals surface area contributed by atoms with E-state index in [9.17, 15) is 8.42 Å². The number of benzene rings is 2. The smallest absolute Gasteiger partial charge is 0.262 e. The van der Waals surface area contributed by atoms with Crippen molar-refractivity contribution in [3.05, 3.63) is 56.5 Å². The number of hydrogen-bond acceptors (Lipinski definition) is 2. The van der Waals surface area contributed by atoms with E-state index in [4.69, 9.17) is 23.2 Å². The van der Waals surface area contributed by atoms with E-state index >= 15 is 0 Å². The lowest BCUT2D eigenvalue weighted by atomic mass is 10.1. The highest BCUT2D eigenvalue weighted by molar-refractivity contribution is 9.10. The lowest BCUT2D eigenvalue weighted by Gasteiger charge is -2.12. The van der Waals surface area contributed by atoms with Crippen LogP contribution in [0, 0.1) is 0 Å². The van der Waals surface area contributed by atoms with Crippen molar-refractivity contribution in [2.24, 2.45) is 0 Å². The number of hydrogen-bond donors (Lipinski definition) is 1. The molecule has 0 heterocycles. The summed E-state index contributed by atoms with van der Waals surface area (Å²) in [6.45, 7) is 1.95. The maximum Gasteiger partial charge on any atom is 0.262 e. The van der Waals surface area contributed by atoms with Crippen molar-refractivity contribution in [2.75, 3.05) is 4.72 Å². The van der Waals surface area contributed by atoms with Crippen LogP contribution in [0.4, 0.5) is 5.69 Å². The predicted octanol–water partition coefficient (Wildman–Crippen LogP) is 5.12. The summed E-state index contributed by atoms with van der Waals surface area (Å²) in [4.78, 5) is 0.0324. The van der Waals surface area contributed by atoms with Gasteiger partial charge in [0, 0.05) is 14.5 Å². The Morgan fingerprint density at radius 2 is 1.71 bits per heavy atom. The highest BCUT2D eigenvalue weighted by Crippen LogP contribution is 2.27. The second kappa shape index (κ2) is 6.57. The van der Waals surface area contributed by atoms with Crippen molar-refractivity contribution in [3.63, 3.8) is 0 Å². The second-order valence-electron chi connectivity index (χ2n) is 4.37. The van der Waals surface area contributed by atoms with E-state index in [1.54, 1.807) is 12.1 Å². The third-order valence-electron chi connectivity index (χ3n) is 2.84. The molecule has 0 aliphatic carbocycles. The summed E-state index contributed by atoms with van der Waals surface area (Å²) in [6.07, 6.45) is 0.702. The molecule has 2 aromatic carbocycles. The fourth-order valence-electron chi connectivity index (χ4n) is 1.84. The van der Waals surface area contributed by atoms with Crippen molar-refractivity contribution in [1.82, 2.24) is 0 Å². The summed E-state index contributed by atoms with van der Waals surface area (Å²) in [7, 11) is -3.74. The third kappa shape index (κ3) is 4.13. The van der Waals surface area contributed by atoms with E-state index in [0.29, 0.717) is 12.1 Å². The minimum absolute atomic E-state index is 0.0324. The lowest BCUT2D eigenvalue weighted by molar-refractivity contribution is 0.601. The molecular weight excluding hydrogens is 397 g/mol. The van der Waals surface area contributed by atoms with Gasteiger partial charge in [0.05, 0.1) is 10.6 Å². The Kier molecular flexibility index (Phi) is 5.20. The molecule has 2 aromatic rings. The average Bonchev–Trinajstić information content (AvgIpc) is 2.39. The van der Waals surface area contributed by atoms with Crippen LogP contribution in [-0.2, 0) is 16.4 Å². The van der Waals surface area contributed by atoms with Crippen molar-refractivity contribution in [2.45, 2.75) is 18.2 Å². The molecule has 0 spiro atoms. The van der Waals surface area contributed by atoms with Gasteiger partial charge in [0.2, 0.25) is 0 Å². The van der Waals surface area contributed by atoms with Crippen LogP contribution >= 0.6 is 39.1 Å². The molecule has 0 aliphatic heterocycles. The van der Waals surface area contributed by atoms with Gasteiger partial charge in [-0.3, -0.25) is 4.72 Å². The van der Waals surface area contributed by atoms with Crippen LogP contribution in [0.1, 0.15) is 12.5 Å². The quantitative estimate of drug-likeness (QED) is 0.762. The Bertz CT molecular complexity index is 758. The molecule has 0 atom stereocenters. The van der Waals surface area contributed by atoms with Crippen LogP contribution < -0.4 is 4.72 Å². The molecule has 7 heteroatoms. The molecule has 0 amide bonds. The SMILES string of the molecule is CCc1cc(Br)ccc1NS(=O)(=O)c1cc(Cl)cc(Cl)c1. The first-order chi connectivity index (χ1) is 9.81. The monoisotopic (exact) mass is 407 g/mol. The Hall–Kier alpha value is -0.750. The van der Waals surface area contributed by atoms with Gasteiger partial charge in [-0.05, 0) is 48.4 Å². The molecule has 0 bridgehead atoms.